The van der Waals surface area contributed by atoms with Crippen LogP contribution in [0.5, 0.6) is 5.75 Å². The Hall–Kier alpha value is -3.16. The highest BCUT2D eigenvalue weighted by Gasteiger charge is 2.06. The standard InChI is InChI=1S/C18H19F2N3O3/c19-17(20)26-15-8-6-14(7-9-15)10-21-16(24)12-23-18(25)22-11-13-4-2-1-3-5-13/h1-9,17H,10-12H2,(H,21,24)(H2,22,23,25). The van der Waals surface area contributed by atoms with Crippen LogP contribution < -0.4 is 20.7 Å². The molecule has 3 amide bonds. The smallest absolute Gasteiger partial charge is 0.387 e. The minimum Gasteiger partial charge on any atom is -0.435 e. The molecule has 0 heterocycles. The number of nitrogens with one attached hydrogen (secondary N) is 3. The van der Waals surface area contributed by atoms with Crippen LogP contribution in [0.25, 0.3) is 0 Å². The van der Waals surface area contributed by atoms with Crippen molar-refractivity contribution in [2.24, 2.45) is 0 Å². The number of hydrogen-bond acceptors (Lipinski definition) is 3. The molecule has 0 spiro atoms. The second kappa shape index (κ2) is 9.97. The van der Waals surface area contributed by atoms with Gasteiger partial charge in [0.1, 0.15) is 5.75 Å². The Bertz CT molecular complexity index is 709. The van der Waals surface area contributed by atoms with Crippen molar-refractivity contribution in [1.29, 1.82) is 0 Å². The highest BCUT2D eigenvalue weighted by atomic mass is 19.3. The molecule has 26 heavy (non-hydrogen) atoms. The predicted molar refractivity (Wildman–Crippen MR) is 91.6 cm³/mol. The van der Waals surface area contributed by atoms with Crippen LogP contribution >= 0.6 is 0 Å². The molecule has 2 aromatic carbocycles. The summed E-state index contributed by atoms with van der Waals surface area (Å²) < 4.78 is 28.4. The van der Waals surface area contributed by atoms with E-state index in [0.29, 0.717) is 12.1 Å². The van der Waals surface area contributed by atoms with Crippen LogP contribution in [0, 0.1) is 0 Å². The second-order valence-corrected chi connectivity index (χ2v) is 5.32. The highest BCUT2D eigenvalue weighted by Crippen LogP contribution is 2.14. The van der Waals surface area contributed by atoms with E-state index in [4.69, 9.17) is 0 Å². The zero-order valence-electron chi connectivity index (χ0n) is 13.9. The number of halogens is 2. The lowest BCUT2D eigenvalue weighted by atomic mass is 10.2. The molecule has 0 unspecified atom stereocenters. The maximum Gasteiger partial charge on any atom is 0.387 e. The summed E-state index contributed by atoms with van der Waals surface area (Å²) in [7, 11) is 0. The van der Waals surface area contributed by atoms with Crippen LogP contribution in [0.3, 0.4) is 0 Å². The van der Waals surface area contributed by atoms with Gasteiger partial charge in [0.15, 0.2) is 0 Å². The molecule has 0 saturated carbocycles. The second-order valence-electron chi connectivity index (χ2n) is 5.32. The van der Waals surface area contributed by atoms with E-state index >= 15 is 0 Å². The zero-order chi connectivity index (χ0) is 18.8. The van der Waals surface area contributed by atoms with Crippen molar-refractivity contribution in [3.63, 3.8) is 0 Å². The Morgan fingerprint density at radius 1 is 0.846 bits per heavy atom. The fourth-order valence-electron chi connectivity index (χ4n) is 2.05. The first-order valence-electron chi connectivity index (χ1n) is 7.89. The van der Waals surface area contributed by atoms with Crippen molar-refractivity contribution >= 4 is 11.9 Å². The molecule has 0 aliphatic carbocycles. The van der Waals surface area contributed by atoms with Gasteiger partial charge in [-0.15, -0.1) is 0 Å². The minimum atomic E-state index is -2.88. The van der Waals surface area contributed by atoms with Gasteiger partial charge < -0.3 is 20.7 Å². The molecule has 8 heteroatoms. The molecule has 6 nitrogen and oxygen atoms in total. The number of urea groups is 1. The van der Waals surface area contributed by atoms with E-state index in [-0.39, 0.29) is 24.7 Å². The van der Waals surface area contributed by atoms with Crippen LogP contribution in [0.4, 0.5) is 13.6 Å². The number of amides is 3. The molecule has 0 radical (unpaired) electrons. The largest absolute Gasteiger partial charge is 0.435 e. The topological polar surface area (TPSA) is 79.5 Å². The van der Waals surface area contributed by atoms with Gasteiger partial charge >= 0.3 is 12.6 Å². The Balaban J connectivity index is 1.64. The molecule has 0 aromatic heterocycles. The molecule has 138 valence electrons. The molecule has 0 aliphatic heterocycles. The third-order valence-electron chi connectivity index (χ3n) is 3.34. The predicted octanol–water partition coefficient (Wildman–Crippen LogP) is 2.40. The van der Waals surface area contributed by atoms with Crippen molar-refractivity contribution in [3.8, 4) is 5.75 Å². The van der Waals surface area contributed by atoms with Gasteiger partial charge in [-0.3, -0.25) is 4.79 Å². The summed E-state index contributed by atoms with van der Waals surface area (Å²) in [5, 5.41) is 7.72. The number of rotatable bonds is 8. The molecule has 0 aliphatic rings. The first-order chi connectivity index (χ1) is 12.5. The average Bonchev–Trinajstić information content (AvgIpc) is 2.64. The van der Waals surface area contributed by atoms with Crippen molar-refractivity contribution < 1.29 is 23.1 Å². The van der Waals surface area contributed by atoms with Gasteiger partial charge in [-0.2, -0.15) is 8.78 Å². The third kappa shape index (κ3) is 7.16. The van der Waals surface area contributed by atoms with Crippen molar-refractivity contribution in [2.45, 2.75) is 19.7 Å². The fraction of sp³-hybridized carbons (Fsp3) is 0.222. The molecule has 0 bridgehead atoms. The van der Waals surface area contributed by atoms with E-state index in [0.717, 1.165) is 5.56 Å². The SMILES string of the molecule is O=C(CNC(=O)NCc1ccccc1)NCc1ccc(OC(F)F)cc1. The highest BCUT2D eigenvalue weighted by molar-refractivity contribution is 5.83. The van der Waals surface area contributed by atoms with Crippen molar-refractivity contribution in [1.82, 2.24) is 16.0 Å². The van der Waals surface area contributed by atoms with E-state index in [1.54, 1.807) is 12.1 Å². The monoisotopic (exact) mass is 363 g/mol. The van der Waals surface area contributed by atoms with Crippen LogP contribution in [0.1, 0.15) is 11.1 Å². The molecule has 0 fully saturated rings. The summed E-state index contributed by atoms with van der Waals surface area (Å²) in [6.07, 6.45) is 0. The lowest BCUT2D eigenvalue weighted by molar-refractivity contribution is -0.120. The average molecular weight is 363 g/mol. The Morgan fingerprint density at radius 3 is 2.12 bits per heavy atom. The van der Waals surface area contributed by atoms with E-state index in [2.05, 4.69) is 20.7 Å². The van der Waals surface area contributed by atoms with E-state index in [9.17, 15) is 18.4 Å². The molecule has 0 saturated heterocycles. The Kier molecular flexibility index (Phi) is 7.35. The van der Waals surface area contributed by atoms with Crippen molar-refractivity contribution in [3.05, 3.63) is 65.7 Å². The van der Waals surface area contributed by atoms with Crippen LogP contribution in [-0.2, 0) is 17.9 Å². The summed E-state index contributed by atoms with van der Waals surface area (Å²) in [6.45, 7) is -2.48. The van der Waals surface area contributed by atoms with Crippen LogP contribution in [0.15, 0.2) is 54.6 Å². The number of carbonyl (C=O) groups is 2. The lowest BCUT2D eigenvalue weighted by Crippen LogP contribution is -2.41. The van der Waals surface area contributed by atoms with Crippen LogP contribution in [0.2, 0.25) is 0 Å². The number of ether oxygens (including phenoxy) is 1. The minimum absolute atomic E-state index is 0.0480. The molecule has 2 aromatic rings. The molecular weight excluding hydrogens is 344 g/mol. The first kappa shape index (κ1) is 19.2. The zero-order valence-corrected chi connectivity index (χ0v) is 13.9. The summed E-state index contributed by atoms with van der Waals surface area (Å²) in [6, 6.07) is 14.9. The quantitative estimate of drug-likeness (QED) is 0.674. The maximum absolute atomic E-state index is 12.1. The van der Waals surface area contributed by atoms with Gasteiger partial charge in [-0.05, 0) is 23.3 Å². The number of hydrogen-bond donors (Lipinski definition) is 3. The van der Waals surface area contributed by atoms with Gasteiger partial charge in [0, 0.05) is 13.1 Å². The maximum atomic E-state index is 12.1. The van der Waals surface area contributed by atoms with E-state index in [1.165, 1.54) is 12.1 Å². The normalized spacial score (nSPS) is 10.3. The van der Waals surface area contributed by atoms with Gasteiger partial charge in [-0.1, -0.05) is 42.5 Å². The number of benzene rings is 2. The summed E-state index contributed by atoms with van der Waals surface area (Å²) >= 11 is 0. The summed E-state index contributed by atoms with van der Waals surface area (Å²) in [4.78, 5) is 23.4. The molecular formula is C18H19F2N3O3. The molecule has 2 rings (SSSR count). The number of carbonyl (C=O) groups excluding carboxylic acids is 2. The first-order valence-corrected chi connectivity index (χ1v) is 7.89. The molecule has 0 atom stereocenters. The van der Waals surface area contributed by atoms with Crippen molar-refractivity contribution in [2.75, 3.05) is 6.54 Å². The van der Waals surface area contributed by atoms with Gasteiger partial charge in [-0.25, -0.2) is 4.79 Å². The van der Waals surface area contributed by atoms with Gasteiger partial charge in [0.2, 0.25) is 5.91 Å². The number of alkyl halides is 2. The van der Waals surface area contributed by atoms with Gasteiger partial charge in [0.25, 0.3) is 0 Å². The fourth-order valence-corrected chi connectivity index (χ4v) is 2.05. The Morgan fingerprint density at radius 2 is 1.46 bits per heavy atom. The van der Waals surface area contributed by atoms with Gasteiger partial charge in [0.05, 0.1) is 6.54 Å². The third-order valence-corrected chi connectivity index (χ3v) is 3.34. The Labute approximate surface area is 149 Å². The van der Waals surface area contributed by atoms with Crippen LogP contribution in [-0.4, -0.2) is 25.1 Å². The van der Waals surface area contributed by atoms with E-state index < -0.39 is 12.6 Å². The van der Waals surface area contributed by atoms with E-state index in [1.807, 2.05) is 30.3 Å². The summed E-state index contributed by atoms with van der Waals surface area (Å²) in [5.74, 6) is -0.320. The summed E-state index contributed by atoms with van der Waals surface area (Å²) in [5.41, 5.74) is 1.67. The lowest BCUT2D eigenvalue weighted by Gasteiger charge is -2.09. The molecule has 3 N–H and O–H groups in total.